The Labute approximate surface area is 166 Å². The van der Waals surface area contributed by atoms with Crippen molar-refractivity contribution in [3.05, 3.63) is 63.7 Å². The van der Waals surface area contributed by atoms with E-state index in [4.69, 9.17) is 4.74 Å². The molecule has 0 saturated carbocycles. The number of benzene rings is 2. The van der Waals surface area contributed by atoms with E-state index in [0.29, 0.717) is 40.0 Å². The number of aryl methyl sites for hydroxylation is 1. The highest BCUT2D eigenvalue weighted by Crippen LogP contribution is 2.23. The molecule has 148 valence electrons. The van der Waals surface area contributed by atoms with Crippen LogP contribution in [0.15, 0.2) is 46.3 Å². The third-order valence-corrected chi connectivity index (χ3v) is 5.00. The third-order valence-electron chi connectivity index (χ3n) is 5.00. The van der Waals surface area contributed by atoms with Crippen molar-refractivity contribution in [3.63, 3.8) is 0 Å². The largest absolute Gasteiger partial charge is 0.507 e. The van der Waals surface area contributed by atoms with Crippen LogP contribution in [0.1, 0.15) is 35.1 Å². The zero-order valence-corrected chi connectivity index (χ0v) is 16.1. The number of hydrogen-bond acceptors (Lipinski definition) is 6. The van der Waals surface area contributed by atoms with Crippen LogP contribution in [0.2, 0.25) is 0 Å². The molecule has 0 fully saturated rings. The van der Waals surface area contributed by atoms with Gasteiger partial charge in [-0.3, -0.25) is 14.2 Å². The Morgan fingerprint density at radius 3 is 2.90 bits per heavy atom. The average Bonchev–Trinajstić information content (AvgIpc) is 3.20. The van der Waals surface area contributed by atoms with Crippen molar-refractivity contribution in [1.29, 1.82) is 0 Å². The maximum Gasteiger partial charge on any atom is 0.271 e. The molecule has 2 N–H and O–H groups in total. The molecule has 0 atom stereocenters. The number of carbonyl (C=O) groups excluding carboxylic acids is 1. The molecule has 1 amide bonds. The molecule has 2 heterocycles. The standard InChI is InChI=1S/C21H20N4O4/c1-12(16-11-14(29-2)6-8-18(16)26)23-24-20(27)13-5-7-15-17(10-13)22-19-4-3-9-25(19)21(15)28/h5-8,10-11,26H,3-4,9H2,1-2H3,(H,24,27)/b23-12+. The molecule has 29 heavy (non-hydrogen) atoms. The number of rotatable bonds is 4. The summed E-state index contributed by atoms with van der Waals surface area (Å²) in [5.74, 6) is 0.919. The van der Waals surface area contributed by atoms with Crippen LogP contribution in [-0.2, 0) is 13.0 Å². The average molecular weight is 392 g/mol. The second-order valence-electron chi connectivity index (χ2n) is 6.84. The lowest BCUT2D eigenvalue weighted by molar-refractivity contribution is 0.0955. The number of methoxy groups -OCH3 is 1. The topological polar surface area (TPSA) is 106 Å². The van der Waals surface area contributed by atoms with Crippen LogP contribution in [-0.4, -0.2) is 33.4 Å². The normalized spacial score (nSPS) is 13.4. The number of hydrazone groups is 1. The Morgan fingerprint density at radius 1 is 1.28 bits per heavy atom. The molecular weight excluding hydrogens is 372 g/mol. The Balaban J connectivity index is 1.60. The molecule has 4 rings (SSSR count). The van der Waals surface area contributed by atoms with Crippen LogP contribution in [0.3, 0.4) is 0 Å². The maximum absolute atomic E-state index is 12.5. The van der Waals surface area contributed by atoms with E-state index in [0.717, 1.165) is 18.7 Å². The summed E-state index contributed by atoms with van der Waals surface area (Å²) in [5.41, 5.74) is 4.13. The van der Waals surface area contributed by atoms with Crippen molar-refractivity contribution in [2.75, 3.05) is 7.11 Å². The lowest BCUT2D eigenvalue weighted by atomic mass is 10.1. The van der Waals surface area contributed by atoms with E-state index >= 15 is 0 Å². The van der Waals surface area contributed by atoms with E-state index in [1.54, 1.807) is 41.8 Å². The molecule has 0 spiro atoms. The van der Waals surface area contributed by atoms with Gasteiger partial charge in [-0.25, -0.2) is 10.4 Å². The lowest BCUT2D eigenvalue weighted by Gasteiger charge is -2.08. The van der Waals surface area contributed by atoms with Gasteiger partial charge in [0.15, 0.2) is 0 Å². The molecule has 0 aliphatic carbocycles. The highest BCUT2D eigenvalue weighted by Gasteiger charge is 2.17. The van der Waals surface area contributed by atoms with Gasteiger partial charge in [0, 0.05) is 24.1 Å². The minimum absolute atomic E-state index is 0.0329. The van der Waals surface area contributed by atoms with Crippen LogP contribution in [0, 0.1) is 0 Å². The molecule has 3 aromatic rings. The molecule has 0 radical (unpaired) electrons. The highest BCUT2D eigenvalue weighted by atomic mass is 16.5. The SMILES string of the molecule is COc1ccc(O)c(/C(C)=N/NC(=O)c2ccc3c(=O)n4c(nc3c2)CCC4)c1. The first-order valence-corrected chi connectivity index (χ1v) is 9.23. The Kier molecular flexibility index (Phi) is 4.75. The van der Waals surface area contributed by atoms with Crippen LogP contribution < -0.4 is 15.7 Å². The summed E-state index contributed by atoms with van der Waals surface area (Å²) in [6, 6.07) is 9.56. The first kappa shape index (κ1) is 18.7. The lowest BCUT2D eigenvalue weighted by Crippen LogP contribution is -2.22. The van der Waals surface area contributed by atoms with Crippen LogP contribution >= 0.6 is 0 Å². The second-order valence-corrected chi connectivity index (χ2v) is 6.84. The summed E-state index contributed by atoms with van der Waals surface area (Å²) >= 11 is 0. The molecule has 2 aromatic carbocycles. The summed E-state index contributed by atoms with van der Waals surface area (Å²) in [6.07, 6.45) is 1.66. The second kappa shape index (κ2) is 7.38. The number of nitrogens with zero attached hydrogens (tertiary/aromatic N) is 3. The number of aromatic hydroxyl groups is 1. The monoisotopic (exact) mass is 392 g/mol. The molecule has 0 saturated heterocycles. The Bertz CT molecular complexity index is 1210. The van der Waals surface area contributed by atoms with Gasteiger partial charge in [-0.2, -0.15) is 5.10 Å². The molecule has 0 unspecified atom stereocenters. The summed E-state index contributed by atoms with van der Waals surface area (Å²) < 4.78 is 6.84. The van der Waals surface area contributed by atoms with E-state index in [1.165, 1.54) is 13.2 Å². The number of phenolic OH excluding ortho intramolecular Hbond substituents is 1. The van der Waals surface area contributed by atoms with Gasteiger partial charge >= 0.3 is 0 Å². The van der Waals surface area contributed by atoms with Gasteiger partial charge in [-0.1, -0.05) is 0 Å². The van der Waals surface area contributed by atoms with Gasteiger partial charge in [0.25, 0.3) is 11.5 Å². The zero-order chi connectivity index (χ0) is 20.5. The van der Waals surface area contributed by atoms with Gasteiger partial charge in [-0.15, -0.1) is 0 Å². The van der Waals surface area contributed by atoms with E-state index in [9.17, 15) is 14.7 Å². The van der Waals surface area contributed by atoms with Gasteiger partial charge in [0.05, 0.1) is 23.7 Å². The van der Waals surface area contributed by atoms with Crippen LogP contribution in [0.5, 0.6) is 11.5 Å². The molecule has 0 bridgehead atoms. The summed E-state index contributed by atoms with van der Waals surface area (Å²) in [6.45, 7) is 2.35. The Morgan fingerprint density at radius 2 is 2.10 bits per heavy atom. The number of amides is 1. The first-order chi connectivity index (χ1) is 14.0. The number of fused-ring (bicyclic) bond motifs is 2. The molecule has 1 aromatic heterocycles. The molecule has 8 heteroatoms. The van der Waals surface area contributed by atoms with Gasteiger partial charge < -0.3 is 9.84 Å². The van der Waals surface area contributed by atoms with Gasteiger partial charge in [0.1, 0.15) is 17.3 Å². The van der Waals surface area contributed by atoms with Gasteiger partial charge in [-0.05, 0) is 49.7 Å². The zero-order valence-electron chi connectivity index (χ0n) is 16.1. The maximum atomic E-state index is 12.5. The number of ether oxygens (including phenoxy) is 1. The number of hydrogen-bond donors (Lipinski definition) is 2. The first-order valence-electron chi connectivity index (χ1n) is 9.23. The van der Waals surface area contributed by atoms with E-state index in [2.05, 4.69) is 15.5 Å². The molecule has 8 nitrogen and oxygen atoms in total. The Hall–Kier alpha value is -3.68. The van der Waals surface area contributed by atoms with Crippen molar-refractivity contribution in [1.82, 2.24) is 15.0 Å². The van der Waals surface area contributed by atoms with Crippen LogP contribution in [0.25, 0.3) is 10.9 Å². The molecule has 1 aliphatic rings. The number of carbonyl (C=O) groups is 1. The highest BCUT2D eigenvalue weighted by molar-refractivity contribution is 6.03. The minimum atomic E-state index is -0.434. The third kappa shape index (κ3) is 3.44. The molecular formula is C21H20N4O4. The van der Waals surface area contributed by atoms with Crippen molar-refractivity contribution in [3.8, 4) is 11.5 Å². The predicted molar refractivity (Wildman–Crippen MR) is 109 cm³/mol. The van der Waals surface area contributed by atoms with E-state index in [-0.39, 0.29) is 11.3 Å². The summed E-state index contributed by atoms with van der Waals surface area (Å²) in [5, 5.41) is 14.6. The fourth-order valence-corrected chi connectivity index (χ4v) is 3.42. The van der Waals surface area contributed by atoms with Crippen molar-refractivity contribution >= 4 is 22.5 Å². The summed E-state index contributed by atoms with van der Waals surface area (Å²) in [7, 11) is 1.53. The van der Waals surface area contributed by atoms with E-state index < -0.39 is 5.91 Å². The predicted octanol–water partition coefficient (Wildman–Crippen LogP) is 2.21. The van der Waals surface area contributed by atoms with Gasteiger partial charge in [0.2, 0.25) is 0 Å². The smallest absolute Gasteiger partial charge is 0.271 e. The number of aromatic nitrogens is 2. The summed E-state index contributed by atoms with van der Waals surface area (Å²) in [4.78, 5) is 29.6. The van der Waals surface area contributed by atoms with Crippen molar-refractivity contribution in [2.45, 2.75) is 26.3 Å². The minimum Gasteiger partial charge on any atom is -0.507 e. The van der Waals surface area contributed by atoms with Crippen molar-refractivity contribution < 1.29 is 14.6 Å². The fraction of sp³-hybridized carbons (Fsp3) is 0.238. The van der Waals surface area contributed by atoms with E-state index in [1.807, 2.05) is 0 Å². The molecule has 1 aliphatic heterocycles. The van der Waals surface area contributed by atoms with Crippen LogP contribution in [0.4, 0.5) is 0 Å². The fourth-order valence-electron chi connectivity index (χ4n) is 3.42. The quantitative estimate of drug-likeness (QED) is 0.523. The number of nitrogens with one attached hydrogen (secondary N) is 1. The van der Waals surface area contributed by atoms with Crippen molar-refractivity contribution in [2.24, 2.45) is 5.10 Å². The number of phenols is 1.